The lowest BCUT2D eigenvalue weighted by molar-refractivity contribution is -0.133. The first kappa shape index (κ1) is 18.2. The molecular formula is C19H24N2O2S. The zero-order chi connectivity index (χ0) is 17.7. The smallest absolute Gasteiger partial charge is 0.252 e. The highest BCUT2D eigenvalue weighted by Crippen LogP contribution is 2.13. The third-order valence-corrected chi connectivity index (χ3v) is 4.72. The van der Waals surface area contributed by atoms with E-state index >= 15 is 0 Å². The van der Waals surface area contributed by atoms with Gasteiger partial charge in [-0.15, -0.1) is 0 Å². The number of benzene rings is 1. The number of nitrogens with zero attached hydrogens (tertiary/aromatic N) is 1. The number of hydrogen-bond donors (Lipinski definition) is 1. The summed E-state index contributed by atoms with van der Waals surface area (Å²) in [5.74, 6) is -0.266. The van der Waals surface area contributed by atoms with Crippen LogP contribution in [0.25, 0.3) is 0 Å². The lowest BCUT2D eigenvalue weighted by atomic mass is 10.0. The van der Waals surface area contributed by atoms with Gasteiger partial charge in [-0.2, -0.15) is 11.3 Å². The molecule has 2 rings (SSSR count). The molecule has 128 valence electrons. The first-order valence-electron chi connectivity index (χ1n) is 8.02. The average molecular weight is 344 g/mol. The quantitative estimate of drug-likeness (QED) is 0.872. The normalized spacial score (nSPS) is 12.0. The van der Waals surface area contributed by atoms with Crippen molar-refractivity contribution in [2.24, 2.45) is 5.92 Å². The minimum absolute atomic E-state index is 0.00962. The Bertz CT molecular complexity index is 695. The molecule has 0 aliphatic carbocycles. The number of likely N-dealkylation sites (N-methyl/N-ethyl adjacent to an activating group) is 1. The fraction of sp³-hybridized carbons (Fsp3) is 0.368. The summed E-state index contributed by atoms with van der Waals surface area (Å²) in [6, 6.07) is 8.86. The Balaban J connectivity index is 2.09. The SMILES string of the molecule is Cc1ccccc1C(=O)NC(C(=O)N(C)Cc1ccsc1)C(C)C. The summed E-state index contributed by atoms with van der Waals surface area (Å²) < 4.78 is 0. The zero-order valence-electron chi connectivity index (χ0n) is 14.6. The molecule has 0 saturated carbocycles. The van der Waals surface area contributed by atoms with Gasteiger partial charge in [0.1, 0.15) is 6.04 Å². The maximum absolute atomic E-state index is 12.8. The zero-order valence-corrected chi connectivity index (χ0v) is 15.4. The summed E-state index contributed by atoms with van der Waals surface area (Å²) in [5, 5.41) is 6.93. The number of rotatable bonds is 6. The summed E-state index contributed by atoms with van der Waals surface area (Å²) >= 11 is 1.61. The summed E-state index contributed by atoms with van der Waals surface area (Å²) in [7, 11) is 1.77. The van der Waals surface area contributed by atoms with E-state index in [9.17, 15) is 9.59 Å². The Morgan fingerprint density at radius 2 is 1.92 bits per heavy atom. The molecule has 1 atom stereocenters. The van der Waals surface area contributed by atoms with E-state index in [1.54, 1.807) is 29.4 Å². The molecule has 0 saturated heterocycles. The minimum atomic E-state index is -0.541. The Morgan fingerprint density at radius 1 is 1.21 bits per heavy atom. The largest absolute Gasteiger partial charge is 0.340 e. The van der Waals surface area contributed by atoms with Gasteiger partial charge in [0, 0.05) is 19.2 Å². The van der Waals surface area contributed by atoms with Gasteiger partial charge in [-0.3, -0.25) is 9.59 Å². The van der Waals surface area contributed by atoms with E-state index in [1.165, 1.54) is 0 Å². The van der Waals surface area contributed by atoms with Crippen LogP contribution in [0.4, 0.5) is 0 Å². The standard InChI is InChI=1S/C19H24N2O2S/c1-13(2)17(19(23)21(4)11-15-9-10-24-12-15)20-18(22)16-8-6-5-7-14(16)3/h5-10,12-13,17H,11H2,1-4H3,(H,20,22). The van der Waals surface area contributed by atoms with Crippen LogP contribution in [0.3, 0.4) is 0 Å². The molecule has 1 aromatic heterocycles. The summed E-state index contributed by atoms with van der Waals surface area (Å²) in [5.41, 5.74) is 2.61. The van der Waals surface area contributed by atoms with Crippen LogP contribution in [0, 0.1) is 12.8 Å². The van der Waals surface area contributed by atoms with Crippen molar-refractivity contribution in [3.8, 4) is 0 Å². The second-order valence-electron chi connectivity index (χ2n) is 6.34. The molecule has 0 bridgehead atoms. The van der Waals surface area contributed by atoms with Crippen molar-refractivity contribution in [2.45, 2.75) is 33.4 Å². The molecule has 2 aromatic rings. The van der Waals surface area contributed by atoms with Crippen LogP contribution in [0.1, 0.15) is 35.3 Å². The predicted octanol–water partition coefficient (Wildman–Crippen LogP) is 3.47. The van der Waals surface area contributed by atoms with Gasteiger partial charge in [0.15, 0.2) is 0 Å². The summed E-state index contributed by atoms with van der Waals surface area (Å²) in [4.78, 5) is 27.0. The third-order valence-electron chi connectivity index (χ3n) is 3.99. The molecule has 0 fully saturated rings. The van der Waals surface area contributed by atoms with Gasteiger partial charge in [0.25, 0.3) is 5.91 Å². The fourth-order valence-corrected chi connectivity index (χ4v) is 3.19. The van der Waals surface area contributed by atoms with Crippen LogP contribution < -0.4 is 5.32 Å². The van der Waals surface area contributed by atoms with Crippen molar-refractivity contribution < 1.29 is 9.59 Å². The van der Waals surface area contributed by atoms with Gasteiger partial charge < -0.3 is 10.2 Å². The van der Waals surface area contributed by atoms with E-state index in [2.05, 4.69) is 5.32 Å². The molecule has 1 aromatic carbocycles. The first-order valence-corrected chi connectivity index (χ1v) is 8.97. The van der Waals surface area contributed by atoms with Gasteiger partial charge in [0.2, 0.25) is 5.91 Å². The van der Waals surface area contributed by atoms with Crippen LogP contribution in [0.5, 0.6) is 0 Å². The molecule has 1 N–H and O–H groups in total. The first-order chi connectivity index (χ1) is 11.4. The predicted molar refractivity (Wildman–Crippen MR) is 98.1 cm³/mol. The second kappa shape index (κ2) is 8.11. The van der Waals surface area contributed by atoms with E-state index < -0.39 is 6.04 Å². The van der Waals surface area contributed by atoms with Crippen LogP contribution in [-0.4, -0.2) is 29.8 Å². The van der Waals surface area contributed by atoms with Crippen LogP contribution in [-0.2, 0) is 11.3 Å². The van der Waals surface area contributed by atoms with E-state index in [1.807, 2.05) is 55.8 Å². The van der Waals surface area contributed by atoms with Crippen molar-refractivity contribution in [1.29, 1.82) is 0 Å². The Morgan fingerprint density at radius 3 is 2.50 bits per heavy atom. The molecule has 0 aliphatic heterocycles. The van der Waals surface area contributed by atoms with Crippen LogP contribution in [0.2, 0.25) is 0 Å². The fourth-order valence-electron chi connectivity index (χ4n) is 2.53. The Kier molecular flexibility index (Phi) is 6.15. The number of thiophene rings is 1. The van der Waals surface area contributed by atoms with Crippen molar-refractivity contribution in [3.05, 3.63) is 57.8 Å². The molecule has 0 spiro atoms. The highest BCUT2D eigenvalue weighted by molar-refractivity contribution is 7.07. The van der Waals surface area contributed by atoms with Crippen LogP contribution >= 0.6 is 11.3 Å². The average Bonchev–Trinajstić information content (AvgIpc) is 3.04. The lowest BCUT2D eigenvalue weighted by Gasteiger charge is -2.27. The van der Waals surface area contributed by atoms with E-state index in [4.69, 9.17) is 0 Å². The molecule has 1 unspecified atom stereocenters. The minimum Gasteiger partial charge on any atom is -0.340 e. The van der Waals surface area contributed by atoms with Crippen molar-refractivity contribution in [3.63, 3.8) is 0 Å². The van der Waals surface area contributed by atoms with E-state index in [-0.39, 0.29) is 17.7 Å². The van der Waals surface area contributed by atoms with Crippen LogP contribution in [0.15, 0.2) is 41.1 Å². The third kappa shape index (κ3) is 4.45. The van der Waals surface area contributed by atoms with Crippen molar-refractivity contribution in [2.75, 3.05) is 7.05 Å². The Labute approximate surface area is 147 Å². The topological polar surface area (TPSA) is 49.4 Å². The van der Waals surface area contributed by atoms with Gasteiger partial charge in [-0.05, 0) is 46.9 Å². The van der Waals surface area contributed by atoms with Crippen molar-refractivity contribution in [1.82, 2.24) is 10.2 Å². The summed E-state index contributed by atoms with van der Waals surface area (Å²) in [6.07, 6.45) is 0. The lowest BCUT2D eigenvalue weighted by Crippen LogP contribution is -2.50. The number of nitrogens with one attached hydrogen (secondary N) is 1. The molecule has 1 heterocycles. The second-order valence-corrected chi connectivity index (χ2v) is 7.12. The summed E-state index contributed by atoms with van der Waals surface area (Å²) in [6.45, 7) is 6.33. The molecule has 4 nitrogen and oxygen atoms in total. The molecule has 5 heteroatoms. The molecule has 24 heavy (non-hydrogen) atoms. The number of carbonyl (C=O) groups excluding carboxylic acids is 2. The highest BCUT2D eigenvalue weighted by atomic mass is 32.1. The van der Waals surface area contributed by atoms with Gasteiger partial charge in [0.05, 0.1) is 0 Å². The highest BCUT2D eigenvalue weighted by Gasteiger charge is 2.27. The number of hydrogen-bond acceptors (Lipinski definition) is 3. The van der Waals surface area contributed by atoms with Gasteiger partial charge >= 0.3 is 0 Å². The number of amides is 2. The van der Waals surface area contributed by atoms with E-state index in [0.29, 0.717) is 12.1 Å². The number of aryl methyl sites for hydroxylation is 1. The van der Waals surface area contributed by atoms with E-state index in [0.717, 1.165) is 11.1 Å². The molecule has 2 amide bonds. The monoisotopic (exact) mass is 344 g/mol. The maximum atomic E-state index is 12.8. The number of carbonyl (C=O) groups is 2. The maximum Gasteiger partial charge on any atom is 0.252 e. The molecule has 0 radical (unpaired) electrons. The van der Waals surface area contributed by atoms with Gasteiger partial charge in [-0.1, -0.05) is 32.0 Å². The molecular weight excluding hydrogens is 320 g/mol. The van der Waals surface area contributed by atoms with Gasteiger partial charge in [-0.25, -0.2) is 0 Å². The van der Waals surface area contributed by atoms with Crippen molar-refractivity contribution >= 4 is 23.2 Å². The Hall–Kier alpha value is -2.14. The molecule has 0 aliphatic rings.